The normalized spacial score (nSPS) is 9.62. The molecule has 0 aromatic rings. The van der Waals surface area contributed by atoms with Gasteiger partial charge in [-0.3, -0.25) is 9.59 Å². The summed E-state index contributed by atoms with van der Waals surface area (Å²) < 4.78 is 0. The number of carbonyl (C=O) groups excluding carboxylic acids is 1. The fraction of sp³-hybridized carbons (Fsp3) is 0.750. The van der Waals surface area contributed by atoms with Gasteiger partial charge in [-0.2, -0.15) is 11.8 Å². The van der Waals surface area contributed by atoms with Crippen molar-refractivity contribution in [2.24, 2.45) is 0 Å². The van der Waals surface area contributed by atoms with Gasteiger partial charge in [0, 0.05) is 12.3 Å². The molecule has 0 aliphatic heterocycles. The van der Waals surface area contributed by atoms with E-state index in [-0.39, 0.29) is 12.3 Å². The Morgan fingerprint density at radius 1 is 1.46 bits per heavy atom. The van der Waals surface area contributed by atoms with Gasteiger partial charge in [0.2, 0.25) is 5.91 Å². The van der Waals surface area contributed by atoms with E-state index >= 15 is 0 Å². The number of aliphatic carboxylic acids is 1. The van der Waals surface area contributed by atoms with Crippen LogP contribution in [0.4, 0.5) is 0 Å². The molecule has 0 fully saturated rings. The van der Waals surface area contributed by atoms with Crippen molar-refractivity contribution in [3.63, 3.8) is 0 Å². The second-order valence-electron chi connectivity index (χ2n) is 2.55. The fourth-order valence-electron chi connectivity index (χ4n) is 0.640. The van der Waals surface area contributed by atoms with Crippen LogP contribution in [0.3, 0.4) is 0 Å². The third-order valence-corrected chi connectivity index (χ3v) is 2.22. The number of rotatable bonds is 7. The zero-order chi connectivity index (χ0) is 10.1. The van der Waals surface area contributed by atoms with Gasteiger partial charge in [0.05, 0.1) is 12.2 Å². The molecule has 0 bridgehead atoms. The van der Waals surface area contributed by atoms with Crippen LogP contribution in [0.2, 0.25) is 0 Å². The van der Waals surface area contributed by atoms with Crippen molar-refractivity contribution < 1.29 is 14.7 Å². The summed E-state index contributed by atoms with van der Waals surface area (Å²) in [7, 11) is 0. The van der Waals surface area contributed by atoms with Crippen LogP contribution in [0.1, 0.15) is 19.8 Å². The first-order valence-corrected chi connectivity index (χ1v) is 5.38. The maximum atomic E-state index is 11.0. The van der Waals surface area contributed by atoms with Crippen LogP contribution in [0.25, 0.3) is 0 Å². The summed E-state index contributed by atoms with van der Waals surface area (Å²) in [6, 6.07) is 0. The number of carboxylic acid groups (broad SMARTS) is 1. The van der Waals surface area contributed by atoms with Crippen molar-refractivity contribution in [3.05, 3.63) is 0 Å². The third-order valence-electron chi connectivity index (χ3n) is 1.27. The third kappa shape index (κ3) is 9.20. The van der Waals surface area contributed by atoms with Gasteiger partial charge in [0.15, 0.2) is 0 Å². The second kappa shape index (κ2) is 7.91. The molecule has 0 heterocycles. The van der Waals surface area contributed by atoms with Crippen molar-refractivity contribution in [3.8, 4) is 0 Å². The molecule has 2 N–H and O–H groups in total. The van der Waals surface area contributed by atoms with Crippen LogP contribution >= 0.6 is 11.8 Å². The Hall–Kier alpha value is -0.710. The predicted molar refractivity (Wildman–Crippen MR) is 52.9 cm³/mol. The molecule has 0 aliphatic rings. The summed E-state index contributed by atoms with van der Waals surface area (Å²) in [6.45, 7) is 2.68. The van der Waals surface area contributed by atoms with Crippen LogP contribution in [-0.4, -0.2) is 35.0 Å². The Labute approximate surface area is 82.1 Å². The molecule has 5 heteroatoms. The van der Waals surface area contributed by atoms with E-state index in [1.54, 1.807) is 0 Å². The highest BCUT2D eigenvalue weighted by atomic mass is 32.2. The van der Waals surface area contributed by atoms with E-state index in [2.05, 4.69) is 5.32 Å². The van der Waals surface area contributed by atoms with Crippen LogP contribution in [-0.2, 0) is 9.59 Å². The number of amides is 1. The molecule has 76 valence electrons. The Balaban J connectivity index is 3.22. The lowest BCUT2D eigenvalue weighted by Crippen LogP contribution is -2.25. The summed E-state index contributed by atoms with van der Waals surface area (Å²) >= 11 is 1.35. The summed E-state index contributed by atoms with van der Waals surface area (Å²) in [5.41, 5.74) is 0. The molecule has 0 aromatic heterocycles. The van der Waals surface area contributed by atoms with Crippen LogP contribution in [0.15, 0.2) is 0 Å². The summed E-state index contributed by atoms with van der Waals surface area (Å²) in [6.07, 6.45) is 1.04. The molecule has 13 heavy (non-hydrogen) atoms. The largest absolute Gasteiger partial charge is 0.481 e. The van der Waals surface area contributed by atoms with E-state index in [4.69, 9.17) is 5.11 Å². The summed E-state index contributed by atoms with van der Waals surface area (Å²) in [4.78, 5) is 21.1. The van der Waals surface area contributed by atoms with Gasteiger partial charge in [-0.05, 0) is 6.42 Å². The lowest BCUT2D eigenvalue weighted by atomic mass is 10.5. The zero-order valence-electron chi connectivity index (χ0n) is 7.71. The molecular weight excluding hydrogens is 190 g/mol. The molecular formula is C8H15NO3S. The Morgan fingerprint density at radius 3 is 2.69 bits per heavy atom. The first-order valence-electron chi connectivity index (χ1n) is 4.23. The van der Waals surface area contributed by atoms with Crippen molar-refractivity contribution in [2.45, 2.75) is 19.8 Å². The standard InChI is InChI=1S/C8H15NO3S/c1-2-4-9-7(10)6-13-5-3-8(11)12/h2-6H2,1H3,(H,9,10)(H,11,12). The first kappa shape index (κ1) is 12.3. The van der Waals surface area contributed by atoms with E-state index in [0.717, 1.165) is 6.42 Å². The van der Waals surface area contributed by atoms with Crippen molar-refractivity contribution >= 4 is 23.6 Å². The van der Waals surface area contributed by atoms with Crippen molar-refractivity contribution in [1.82, 2.24) is 5.32 Å². The van der Waals surface area contributed by atoms with Gasteiger partial charge in [-0.1, -0.05) is 6.92 Å². The highest BCUT2D eigenvalue weighted by molar-refractivity contribution is 7.99. The molecule has 0 radical (unpaired) electrons. The quantitative estimate of drug-likeness (QED) is 0.601. The Bertz CT molecular complexity index is 173. The number of carbonyl (C=O) groups is 2. The Morgan fingerprint density at radius 2 is 2.15 bits per heavy atom. The smallest absolute Gasteiger partial charge is 0.304 e. The molecule has 0 rings (SSSR count). The van der Waals surface area contributed by atoms with E-state index in [9.17, 15) is 9.59 Å². The number of thioether (sulfide) groups is 1. The maximum absolute atomic E-state index is 11.0. The average Bonchev–Trinajstić information content (AvgIpc) is 2.08. The van der Waals surface area contributed by atoms with Crippen LogP contribution < -0.4 is 5.32 Å². The molecule has 0 aliphatic carbocycles. The average molecular weight is 205 g/mol. The maximum Gasteiger partial charge on any atom is 0.304 e. The molecule has 0 atom stereocenters. The second-order valence-corrected chi connectivity index (χ2v) is 3.65. The minimum Gasteiger partial charge on any atom is -0.481 e. The van der Waals surface area contributed by atoms with Gasteiger partial charge in [0.1, 0.15) is 0 Å². The van der Waals surface area contributed by atoms with Crippen molar-refractivity contribution in [1.29, 1.82) is 0 Å². The van der Waals surface area contributed by atoms with E-state index in [0.29, 0.717) is 18.1 Å². The summed E-state index contributed by atoms with van der Waals surface area (Å²) in [5.74, 6) is 0.0148. The van der Waals surface area contributed by atoms with Gasteiger partial charge in [-0.25, -0.2) is 0 Å². The molecule has 0 spiro atoms. The van der Waals surface area contributed by atoms with Crippen LogP contribution in [0, 0.1) is 0 Å². The zero-order valence-corrected chi connectivity index (χ0v) is 8.52. The molecule has 1 amide bonds. The monoisotopic (exact) mass is 205 g/mol. The molecule has 0 aromatic carbocycles. The minimum atomic E-state index is -0.818. The van der Waals surface area contributed by atoms with Gasteiger partial charge in [-0.15, -0.1) is 0 Å². The number of hydrogen-bond acceptors (Lipinski definition) is 3. The molecule has 0 unspecified atom stereocenters. The highest BCUT2D eigenvalue weighted by Gasteiger charge is 2.01. The lowest BCUT2D eigenvalue weighted by molar-refractivity contribution is -0.136. The number of nitrogens with one attached hydrogen (secondary N) is 1. The highest BCUT2D eigenvalue weighted by Crippen LogP contribution is 2.01. The Kier molecular flexibility index (Phi) is 7.48. The molecule has 0 saturated carbocycles. The van der Waals surface area contributed by atoms with Gasteiger partial charge >= 0.3 is 5.97 Å². The van der Waals surface area contributed by atoms with Crippen molar-refractivity contribution in [2.75, 3.05) is 18.1 Å². The van der Waals surface area contributed by atoms with Crippen LogP contribution in [0.5, 0.6) is 0 Å². The fourth-order valence-corrected chi connectivity index (χ4v) is 1.39. The van der Waals surface area contributed by atoms with E-state index < -0.39 is 5.97 Å². The number of hydrogen-bond donors (Lipinski definition) is 2. The number of carboxylic acids is 1. The van der Waals surface area contributed by atoms with E-state index in [1.165, 1.54) is 11.8 Å². The predicted octanol–water partition coefficient (Wildman–Crippen LogP) is 0.720. The minimum absolute atomic E-state index is 0.0164. The topological polar surface area (TPSA) is 66.4 Å². The van der Waals surface area contributed by atoms with Gasteiger partial charge in [0.25, 0.3) is 0 Å². The SMILES string of the molecule is CCCNC(=O)CSCCC(=O)O. The first-order chi connectivity index (χ1) is 6.16. The van der Waals surface area contributed by atoms with Gasteiger partial charge < -0.3 is 10.4 Å². The van der Waals surface area contributed by atoms with E-state index in [1.807, 2.05) is 6.92 Å². The summed E-state index contributed by atoms with van der Waals surface area (Å²) in [5, 5.41) is 11.0. The molecule has 0 saturated heterocycles. The lowest BCUT2D eigenvalue weighted by Gasteiger charge is -2.01. The molecule has 4 nitrogen and oxygen atoms in total.